The Morgan fingerprint density at radius 1 is 1.60 bits per heavy atom. The van der Waals surface area contributed by atoms with Crippen molar-refractivity contribution >= 4 is 0 Å². The van der Waals surface area contributed by atoms with Crippen LogP contribution in [0.5, 0.6) is 0 Å². The normalized spacial score (nSPS) is 13.1. The van der Waals surface area contributed by atoms with E-state index in [1.165, 1.54) is 18.4 Å². The van der Waals surface area contributed by atoms with Gasteiger partial charge in [0.2, 0.25) is 0 Å². The Labute approximate surface area is 64.3 Å². The van der Waals surface area contributed by atoms with Crippen molar-refractivity contribution in [3.05, 3.63) is 12.2 Å². The molecule has 0 aromatic rings. The lowest BCUT2D eigenvalue weighted by Crippen LogP contribution is -2.14. The molecule has 0 fully saturated rings. The fourth-order valence-corrected chi connectivity index (χ4v) is 0.984. The van der Waals surface area contributed by atoms with Gasteiger partial charge in [-0.05, 0) is 26.2 Å². The van der Waals surface area contributed by atoms with Gasteiger partial charge in [-0.25, -0.2) is 0 Å². The summed E-state index contributed by atoms with van der Waals surface area (Å²) < 4.78 is 0. The summed E-state index contributed by atoms with van der Waals surface area (Å²) in [7, 11) is 0. The Morgan fingerprint density at radius 3 is 2.60 bits per heavy atom. The van der Waals surface area contributed by atoms with Gasteiger partial charge in [0.15, 0.2) is 0 Å². The average molecular weight is 141 g/mol. The molecule has 0 radical (unpaired) electrons. The van der Waals surface area contributed by atoms with E-state index in [1.807, 2.05) is 6.92 Å². The lowest BCUT2D eigenvalue weighted by molar-refractivity contribution is 0.682. The van der Waals surface area contributed by atoms with Crippen molar-refractivity contribution in [1.82, 2.24) is 0 Å². The molecule has 1 nitrogen and oxygen atoms in total. The molecule has 60 valence electrons. The van der Waals surface area contributed by atoms with E-state index < -0.39 is 0 Å². The topological polar surface area (TPSA) is 26.0 Å². The molecule has 0 bridgehead atoms. The van der Waals surface area contributed by atoms with E-state index in [1.54, 1.807) is 0 Å². The van der Waals surface area contributed by atoms with Gasteiger partial charge in [-0.3, -0.25) is 0 Å². The minimum Gasteiger partial charge on any atom is -0.328 e. The summed E-state index contributed by atoms with van der Waals surface area (Å²) >= 11 is 0. The maximum Gasteiger partial charge on any atom is 0.00475 e. The monoisotopic (exact) mass is 141 g/mol. The Balaban J connectivity index is 3.26. The van der Waals surface area contributed by atoms with Crippen molar-refractivity contribution in [2.75, 3.05) is 0 Å². The Kier molecular flexibility index (Phi) is 5.32. The number of hydrogen-bond donors (Lipinski definition) is 1. The van der Waals surface area contributed by atoms with Gasteiger partial charge >= 0.3 is 0 Å². The van der Waals surface area contributed by atoms with Crippen molar-refractivity contribution < 1.29 is 0 Å². The molecule has 2 N–H and O–H groups in total. The van der Waals surface area contributed by atoms with Crippen LogP contribution in [0.1, 0.15) is 39.5 Å². The molecule has 0 saturated carbocycles. The minimum atomic E-state index is 0.282. The molecule has 0 amide bonds. The second-order valence-corrected chi connectivity index (χ2v) is 3.03. The van der Waals surface area contributed by atoms with Crippen LogP contribution in [0.15, 0.2) is 12.2 Å². The SMILES string of the molecule is C=C(CCCC)CC(C)N. The third-order valence-corrected chi connectivity index (χ3v) is 1.49. The molecular weight excluding hydrogens is 122 g/mol. The van der Waals surface area contributed by atoms with Gasteiger partial charge < -0.3 is 5.73 Å². The van der Waals surface area contributed by atoms with Crippen LogP contribution in [0.2, 0.25) is 0 Å². The van der Waals surface area contributed by atoms with Gasteiger partial charge in [0.25, 0.3) is 0 Å². The predicted molar refractivity (Wildman–Crippen MR) is 46.9 cm³/mol. The lowest BCUT2D eigenvalue weighted by Gasteiger charge is -2.06. The van der Waals surface area contributed by atoms with E-state index in [0.717, 1.165) is 12.8 Å². The molecule has 1 atom stereocenters. The molecular formula is C9H19N. The van der Waals surface area contributed by atoms with Gasteiger partial charge in [-0.15, -0.1) is 0 Å². The van der Waals surface area contributed by atoms with Crippen LogP contribution in [0.25, 0.3) is 0 Å². The molecule has 0 aliphatic heterocycles. The number of unbranched alkanes of at least 4 members (excludes halogenated alkanes) is 1. The summed E-state index contributed by atoms with van der Waals surface area (Å²) in [6.07, 6.45) is 4.64. The van der Waals surface area contributed by atoms with Gasteiger partial charge in [0, 0.05) is 6.04 Å². The van der Waals surface area contributed by atoms with E-state index in [4.69, 9.17) is 5.73 Å². The average Bonchev–Trinajstić information content (AvgIpc) is 1.82. The maximum absolute atomic E-state index is 5.60. The quantitative estimate of drug-likeness (QED) is 0.585. The molecule has 10 heavy (non-hydrogen) atoms. The Hall–Kier alpha value is -0.300. The molecule has 0 aromatic heterocycles. The van der Waals surface area contributed by atoms with Crippen LogP contribution in [0.4, 0.5) is 0 Å². The second kappa shape index (κ2) is 5.48. The first-order chi connectivity index (χ1) is 4.66. The second-order valence-electron chi connectivity index (χ2n) is 3.03. The number of nitrogens with two attached hydrogens (primary N) is 1. The summed E-state index contributed by atoms with van der Waals surface area (Å²) in [5.74, 6) is 0. The molecule has 0 aliphatic carbocycles. The minimum absolute atomic E-state index is 0.282. The number of rotatable bonds is 5. The third kappa shape index (κ3) is 5.83. The highest BCUT2D eigenvalue weighted by Gasteiger charge is 1.97. The Morgan fingerprint density at radius 2 is 2.20 bits per heavy atom. The highest BCUT2D eigenvalue weighted by atomic mass is 14.6. The van der Waals surface area contributed by atoms with Crippen molar-refractivity contribution in [3.63, 3.8) is 0 Å². The van der Waals surface area contributed by atoms with Gasteiger partial charge in [0.1, 0.15) is 0 Å². The molecule has 0 rings (SSSR count). The van der Waals surface area contributed by atoms with Crippen molar-refractivity contribution in [3.8, 4) is 0 Å². The van der Waals surface area contributed by atoms with Crippen LogP contribution in [0.3, 0.4) is 0 Å². The van der Waals surface area contributed by atoms with Crippen LogP contribution in [-0.4, -0.2) is 6.04 Å². The van der Waals surface area contributed by atoms with Gasteiger partial charge in [-0.2, -0.15) is 0 Å². The van der Waals surface area contributed by atoms with E-state index in [9.17, 15) is 0 Å². The summed E-state index contributed by atoms with van der Waals surface area (Å²) in [5.41, 5.74) is 6.91. The van der Waals surface area contributed by atoms with Crippen molar-refractivity contribution in [1.29, 1.82) is 0 Å². The van der Waals surface area contributed by atoms with Crippen LogP contribution < -0.4 is 5.73 Å². The summed E-state index contributed by atoms with van der Waals surface area (Å²) in [6, 6.07) is 0.282. The summed E-state index contributed by atoms with van der Waals surface area (Å²) in [5, 5.41) is 0. The first-order valence-corrected chi connectivity index (χ1v) is 4.09. The van der Waals surface area contributed by atoms with E-state index in [2.05, 4.69) is 13.5 Å². The molecule has 0 saturated heterocycles. The summed E-state index contributed by atoms with van der Waals surface area (Å²) in [4.78, 5) is 0. The van der Waals surface area contributed by atoms with Crippen LogP contribution in [-0.2, 0) is 0 Å². The van der Waals surface area contributed by atoms with Gasteiger partial charge in [-0.1, -0.05) is 25.5 Å². The summed E-state index contributed by atoms with van der Waals surface area (Å²) in [6.45, 7) is 8.17. The smallest absolute Gasteiger partial charge is 0.00475 e. The third-order valence-electron chi connectivity index (χ3n) is 1.49. The van der Waals surface area contributed by atoms with Gasteiger partial charge in [0.05, 0.1) is 0 Å². The fraction of sp³-hybridized carbons (Fsp3) is 0.778. The van der Waals surface area contributed by atoms with Crippen molar-refractivity contribution in [2.24, 2.45) is 5.73 Å². The Bertz CT molecular complexity index is 94.9. The maximum atomic E-state index is 5.60. The molecule has 1 heteroatoms. The molecule has 0 spiro atoms. The number of hydrogen-bond acceptors (Lipinski definition) is 1. The molecule has 1 unspecified atom stereocenters. The fourth-order valence-electron chi connectivity index (χ4n) is 0.984. The van der Waals surface area contributed by atoms with Crippen molar-refractivity contribution in [2.45, 2.75) is 45.6 Å². The lowest BCUT2D eigenvalue weighted by atomic mass is 10.0. The van der Waals surface area contributed by atoms with Crippen LogP contribution >= 0.6 is 0 Å². The highest BCUT2D eigenvalue weighted by Crippen LogP contribution is 2.09. The predicted octanol–water partition coefficient (Wildman–Crippen LogP) is 2.47. The molecule has 0 heterocycles. The zero-order valence-corrected chi connectivity index (χ0v) is 7.19. The highest BCUT2D eigenvalue weighted by molar-refractivity contribution is 4.95. The van der Waals surface area contributed by atoms with E-state index in [-0.39, 0.29) is 6.04 Å². The zero-order chi connectivity index (χ0) is 7.98. The molecule has 0 aromatic carbocycles. The zero-order valence-electron chi connectivity index (χ0n) is 7.19. The van der Waals surface area contributed by atoms with E-state index >= 15 is 0 Å². The standard InChI is InChI=1S/C9H19N/c1-4-5-6-8(2)7-9(3)10/h9H,2,4-7,10H2,1,3H3. The first kappa shape index (κ1) is 9.70. The first-order valence-electron chi connectivity index (χ1n) is 4.09. The largest absolute Gasteiger partial charge is 0.328 e. The van der Waals surface area contributed by atoms with E-state index in [0.29, 0.717) is 0 Å². The molecule has 0 aliphatic rings. The van der Waals surface area contributed by atoms with Crippen LogP contribution in [0, 0.1) is 0 Å².